The number of unbranched alkanes of at least 4 members (excludes halogenated alkanes) is 1. The first kappa shape index (κ1) is 30.0. The summed E-state index contributed by atoms with van der Waals surface area (Å²) < 4.78 is 0. The van der Waals surface area contributed by atoms with Gasteiger partial charge in [0, 0.05) is 0 Å². The molecule has 32 heavy (non-hydrogen) atoms. The summed E-state index contributed by atoms with van der Waals surface area (Å²) in [5.74, 6) is -0.876. The summed E-state index contributed by atoms with van der Waals surface area (Å²) in [5, 5.41) is 8.27. The molecule has 0 aromatic carbocycles. The molecular weight excluding hydrogens is 410 g/mol. The minimum atomic E-state index is -0.800. The topological polar surface area (TPSA) is 158 Å². The molecule has 9 heteroatoms. The summed E-state index contributed by atoms with van der Waals surface area (Å²) in [5.41, 5.74) is 9.79. The van der Waals surface area contributed by atoms with E-state index in [9.17, 15) is 19.2 Å². The van der Waals surface area contributed by atoms with Gasteiger partial charge in [-0.25, -0.2) is 0 Å². The molecule has 0 radical (unpaired) electrons. The zero-order valence-corrected chi connectivity index (χ0v) is 20.8. The van der Waals surface area contributed by atoms with Crippen LogP contribution in [-0.2, 0) is 19.2 Å². The summed E-state index contributed by atoms with van der Waals surface area (Å²) in [6.45, 7) is 12.3. The number of aldehydes is 1. The van der Waals surface area contributed by atoms with Gasteiger partial charge in [-0.3, -0.25) is 14.4 Å². The van der Waals surface area contributed by atoms with E-state index < -0.39 is 36.0 Å². The van der Waals surface area contributed by atoms with Crippen LogP contribution < -0.4 is 27.4 Å². The van der Waals surface area contributed by atoms with E-state index in [2.05, 4.69) is 21.7 Å². The molecule has 0 aliphatic rings. The molecule has 8 N–H and O–H groups in total. The monoisotopic (exact) mass is 456 g/mol. The van der Waals surface area contributed by atoms with Crippen LogP contribution >= 0.6 is 0 Å². The van der Waals surface area contributed by atoms with Crippen molar-refractivity contribution in [3.63, 3.8) is 0 Å². The molecular formula is C23H46N5O4+. The first-order chi connectivity index (χ1) is 14.9. The fraction of sp³-hybridized carbons (Fsp3) is 0.826. The predicted octanol–water partition coefficient (Wildman–Crippen LogP) is 0.127. The Balaban J connectivity index is 5.40. The number of hydrogen-bond acceptors (Lipinski definition) is 5. The average Bonchev–Trinajstić information content (AvgIpc) is 2.69. The fourth-order valence-electron chi connectivity index (χ4n) is 3.29. The molecule has 0 rings (SSSR count). The normalized spacial score (nSPS) is 15.2. The first-order valence-electron chi connectivity index (χ1n) is 11.8. The predicted molar refractivity (Wildman–Crippen MR) is 125 cm³/mol. The molecule has 0 fully saturated rings. The van der Waals surface area contributed by atoms with Crippen molar-refractivity contribution >= 4 is 24.0 Å². The minimum Gasteiger partial charge on any atom is -0.358 e. The molecule has 0 aromatic rings. The second-order valence-electron chi connectivity index (χ2n) is 9.75. The van der Waals surface area contributed by atoms with Crippen molar-refractivity contribution in [2.24, 2.45) is 23.5 Å². The van der Waals surface area contributed by atoms with Gasteiger partial charge in [0.25, 0.3) is 0 Å². The maximum absolute atomic E-state index is 13.1. The number of quaternary nitrogens is 1. The van der Waals surface area contributed by atoms with Crippen molar-refractivity contribution in [1.82, 2.24) is 16.0 Å². The Bertz CT molecular complexity index is 595. The van der Waals surface area contributed by atoms with E-state index in [-0.39, 0.29) is 23.7 Å². The molecule has 0 heterocycles. The van der Waals surface area contributed by atoms with Gasteiger partial charge in [0.05, 0.1) is 18.6 Å². The third-order valence-corrected chi connectivity index (χ3v) is 5.20. The Morgan fingerprint density at radius 3 is 1.81 bits per heavy atom. The van der Waals surface area contributed by atoms with Crippen LogP contribution in [0, 0.1) is 17.8 Å². The average molecular weight is 457 g/mol. The first-order valence-corrected chi connectivity index (χ1v) is 11.8. The van der Waals surface area contributed by atoms with Gasteiger partial charge in [-0.15, -0.1) is 0 Å². The lowest BCUT2D eigenvalue weighted by molar-refractivity contribution is -0.368. The fourth-order valence-corrected chi connectivity index (χ4v) is 3.29. The number of carbonyl (C=O) groups excluding carboxylic acids is 4. The van der Waals surface area contributed by atoms with Crippen LogP contribution in [0.4, 0.5) is 0 Å². The maximum atomic E-state index is 13.1. The van der Waals surface area contributed by atoms with Gasteiger partial charge < -0.3 is 32.2 Å². The molecule has 4 atom stereocenters. The standard InChI is InChI=1S/C23H45N5O4/c1-14(2)11-17(25)21(30)27-19(12-15(3)4)23(32)26-18(9-7-8-10-24)22(31)28-20(13-29)16(5)6/h13-20H,7-12,24-25H2,1-6H3,(H,26,32)(H,27,30)(H,28,31)/p+1/t17-,18-,19-,20+/m0/s1. The third-order valence-electron chi connectivity index (χ3n) is 5.20. The summed E-state index contributed by atoms with van der Waals surface area (Å²) in [6.07, 6.45) is 3.58. The van der Waals surface area contributed by atoms with Gasteiger partial charge in [-0.05, 0) is 49.9 Å². The number of nitrogens with one attached hydrogen (secondary N) is 3. The van der Waals surface area contributed by atoms with Crippen LogP contribution in [0.25, 0.3) is 0 Å². The Kier molecular flexibility index (Phi) is 14.8. The van der Waals surface area contributed by atoms with E-state index in [4.69, 9.17) is 5.73 Å². The van der Waals surface area contributed by atoms with E-state index in [1.807, 2.05) is 41.5 Å². The highest BCUT2D eigenvalue weighted by atomic mass is 16.2. The molecule has 0 saturated heterocycles. The second-order valence-corrected chi connectivity index (χ2v) is 9.75. The number of carbonyl (C=O) groups is 4. The molecule has 3 amide bonds. The molecule has 0 unspecified atom stereocenters. The Morgan fingerprint density at radius 2 is 1.34 bits per heavy atom. The molecule has 0 aliphatic carbocycles. The highest BCUT2D eigenvalue weighted by Crippen LogP contribution is 2.10. The van der Waals surface area contributed by atoms with Crippen molar-refractivity contribution in [2.75, 3.05) is 6.54 Å². The maximum Gasteiger partial charge on any atom is 0.243 e. The van der Waals surface area contributed by atoms with Crippen LogP contribution in [0.3, 0.4) is 0 Å². The molecule has 0 spiro atoms. The van der Waals surface area contributed by atoms with E-state index in [1.54, 1.807) is 0 Å². The van der Waals surface area contributed by atoms with Crippen molar-refractivity contribution in [3.8, 4) is 0 Å². The van der Waals surface area contributed by atoms with Crippen molar-refractivity contribution in [2.45, 2.75) is 97.8 Å². The third kappa shape index (κ3) is 12.1. The van der Waals surface area contributed by atoms with Gasteiger partial charge in [0.1, 0.15) is 18.4 Å². The molecule has 0 aromatic heterocycles. The minimum absolute atomic E-state index is 0.0666. The van der Waals surface area contributed by atoms with Crippen molar-refractivity contribution < 1.29 is 24.9 Å². The lowest BCUT2D eigenvalue weighted by Crippen LogP contribution is -2.57. The van der Waals surface area contributed by atoms with Crippen molar-refractivity contribution in [1.29, 1.82) is 0 Å². The molecule has 0 bridgehead atoms. The Labute approximate surface area is 193 Å². The molecule has 186 valence electrons. The van der Waals surface area contributed by atoms with E-state index >= 15 is 0 Å². The molecule has 9 nitrogen and oxygen atoms in total. The Hall–Kier alpha value is -2.00. The van der Waals surface area contributed by atoms with Crippen LogP contribution in [-0.4, -0.2) is 54.7 Å². The SMILES string of the molecule is CC(C)C[C@H](NC(=O)[C@@H](N)CC(C)C)C(=O)N[C@@H](CCCC[NH3+])C(=O)N[C@H](C=O)C(C)C. The van der Waals surface area contributed by atoms with Crippen LogP contribution in [0.15, 0.2) is 0 Å². The summed E-state index contributed by atoms with van der Waals surface area (Å²) in [4.78, 5) is 49.7. The number of nitrogens with two attached hydrogens (primary N) is 1. The highest BCUT2D eigenvalue weighted by molar-refractivity contribution is 5.93. The zero-order valence-electron chi connectivity index (χ0n) is 20.8. The summed E-state index contributed by atoms with van der Waals surface area (Å²) >= 11 is 0. The van der Waals surface area contributed by atoms with Crippen LogP contribution in [0.2, 0.25) is 0 Å². The lowest BCUT2D eigenvalue weighted by Gasteiger charge is -2.26. The van der Waals surface area contributed by atoms with Gasteiger partial charge in [0.2, 0.25) is 17.7 Å². The van der Waals surface area contributed by atoms with Gasteiger partial charge in [-0.1, -0.05) is 41.5 Å². The molecule has 0 saturated carbocycles. The summed E-state index contributed by atoms with van der Waals surface area (Å²) in [6, 6.07) is -2.93. The quantitative estimate of drug-likeness (QED) is 0.165. The van der Waals surface area contributed by atoms with E-state index in [0.717, 1.165) is 13.0 Å². The number of rotatable bonds is 16. The number of amides is 3. The largest absolute Gasteiger partial charge is 0.358 e. The second kappa shape index (κ2) is 15.7. The van der Waals surface area contributed by atoms with E-state index in [1.165, 1.54) is 0 Å². The van der Waals surface area contributed by atoms with Crippen molar-refractivity contribution in [3.05, 3.63) is 0 Å². The zero-order chi connectivity index (χ0) is 24.8. The van der Waals surface area contributed by atoms with Gasteiger partial charge in [-0.2, -0.15) is 0 Å². The lowest BCUT2D eigenvalue weighted by atomic mass is 9.99. The van der Waals surface area contributed by atoms with Gasteiger partial charge >= 0.3 is 0 Å². The highest BCUT2D eigenvalue weighted by Gasteiger charge is 2.29. The van der Waals surface area contributed by atoms with Crippen LogP contribution in [0.5, 0.6) is 0 Å². The summed E-state index contributed by atoms with van der Waals surface area (Å²) in [7, 11) is 0. The van der Waals surface area contributed by atoms with Gasteiger partial charge in [0.15, 0.2) is 0 Å². The molecule has 0 aliphatic heterocycles. The Morgan fingerprint density at radius 1 is 0.812 bits per heavy atom. The van der Waals surface area contributed by atoms with Crippen LogP contribution in [0.1, 0.15) is 73.6 Å². The van der Waals surface area contributed by atoms with E-state index in [0.29, 0.717) is 32.0 Å². The smallest absolute Gasteiger partial charge is 0.243 e. The number of hydrogen-bond donors (Lipinski definition) is 5.